The summed E-state index contributed by atoms with van der Waals surface area (Å²) >= 11 is 0. The van der Waals surface area contributed by atoms with Gasteiger partial charge in [-0.15, -0.1) is 12.3 Å². The van der Waals surface area contributed by atoms with Crippen LogP contribution in [0.3, 0.4) is 0 Å². The molecule has 8 nitrogen and oxygen atoms in total. The fourth-order valence-electron chi connectivity index (χ4n) is 2.85. The number of hydrogen-bond acceptors (Lipinski definition) is 6. The van der Waals surface area contributed by atoms with Crippen molar-refractivity contribution in [3.63, 3.8) is 0 Å². The van der Waals surface area contributed by atoms with E-state index in [4.69, 9.17) is 11.2 Å². The predicted octanol–water partition coefficient (Wildman–Crippen LogP) is 1.81. The lowest BCUT2D eigenvalue weighted by molar-refractivity contribution is -0.122. The van der Waals surface area contributed by atoms with Gasteiger partial charge in [0.05, 0.1) is 6.10 Å². The summed E-state index contributed by atoms with van der Waals surface area (Å²) in [5.41, 5.74) is -0.401. The average Bonchev–Trinajstić information content (AvgIpc) is 2.96. The maximum atomic E-state index is 12.0. The van der Waals surface area contributed by atoms with Gasteiger partial charge in [-0.3, -0.25) is 9.89 Å². The third-order valence-electron chi connectivity index (χ3n) is 4.34. The highest BCUT2D eigenvalue weighted by Gasteiger charge is 2.39. The second-order valence-electron chi connectivity index (χ2n) is 6.29. The first-order valence-corrected chi connectivity index (χ1v) is 8.29. The zero-order chi connectivity index (χ0) is 17.0. The summed E-state index contributed by atoms with van der Waals surface area (Å²) in [7, 11) is 0. The number of hydrogen-bond donors (Lipinski definition) is 2. The lowest BCUT2D eigenvalue weighted by atomic mass is 10.0. The number of aromatic nitrogens is 3. The van der Waals surface area contributed by atoms with Gasteiger partial charge in [0.25, 0.3) is 0 Å². The Morgan fingerprint density at radius 1 is 1.46 bits per heavy atom. The molecular weight excluding hydrogens is 308 g/mol. The van der Waals surface area contributed by atoms with Gasteiger partial charge in [0.2, 0.25) is 5.91 Å². The monoisotopic (exact) mass is 330 g/mol. The van der Waals surface area contributed by atoms with Crippen LogP contribution >= 0.6 is 0 Å². The molecule has 1 amide bonds. The number of rotatable bonds is 8. The maximum Gasteiger partial charge on any atom is 0.220 e. The van der Waals surface area contributed by atoms with Gasteiger partial charge in [-0.25, -0.2) is 4.98 Å². The summed E-state index contributed by atoms with van der Waals surface area (Å²) in [4.78, 5) is 16.3. The third kappa shape index (κ3) is 4.17. The van der Waals surface area contributed by atoms with E-state index in [-0.39, 0.29) is 18.1 Å². The van der Waals surface area contributed by atoms with Crippen molar-refractivity contribution in [2.24, 2.45) is 10.2 Å². The Labute approximate surface area is 140 Å². The molecule has 0 aliphatic carbocycles. The minimum atomic E-state index is -0.401. The number of nitrogens with one attached hydrogen (secondary N) is 2. The van der Waals surface area contributed by atoms with Crippen molar-refractivity contribution in [2.45, 2.75) is 63.3 Å². The SMILES string of the molecule is C#CCCC1(CCC(=O)NC[C@H]2CC[C@@H](c3n[nH]c(C)n3)O2)N=N1. The number of nitrogens with zero attached hydrogens (tertiary/aromatic N) is 4. The van der Waals surface area contributed by atoms with Crippen molar-refractivity contribution in [2.75, 3.05) is 6.54 Å². The molecule has 2 atom stereocenters. The highest BCUT2D eigenvalue weighted by atomic mass is 16.5. The molecule has 0 saturated carbocycles. The van der Waals surface area contributed by atoms with Crippen LogP contribution in [0.4, 0.5) is 0 Å². The topological polar surface area (TPSA) is 105 Å². The molecule has 128 valence electrons. The number of aromatic amines is 1. The van der Waals surface area contributed by atoms with E-state index in [1.807, 2.05) is 6.92 Å². The lowest BCUT2D eigenvalue weighted by Gasteiger charge is -2.13. The Kier molecular flexibility index (Phi) is 4.90. The molecule has 0 unspecified atom stereocenters. The summed E-state index contributed by atoms with van der Waals surface area (Å²) in [6, 6.07) is 0. The lowest BCUT2D eigenvalue weighted by Crippen LogP contribution is -2.32. The molecule has 24 heavy (non-hydrogen) atoms. The van der Waals surface area contributed by atoms with Gasteiger partial charge >= 0.3 is 0 Å². The van der Waals surface area contributed by atoms with Crippen molar-refractivity contribution < 1.29 is 9.53 Å². The Bertz CT molecular complexity index is 656. The van der Waals surface area contributed by atoms with Crippen molar-refractivity contribution in [3.8, 4) is 12.3 Å². The minimum absolute atomic E-state index is 0.00320. The number of carbonyl (C=O) groups is 1. The smallest absolute Gasteiger partial charge is 0.220 e. The first-order chi connectivity index (χ1) is 11.6. The maximum absolute atomic E-state index is 12.0. The summed E-state index contributed by atoms with van der Waals surface area (Å²) in [5, 5.41) is 17.9. The first kappa shape index (κ1) is 16.6. The Balaban J connectivity index is 1.34. The fraction of sp³-hybridized carbons (Fsp3) is 0.688. The standard InChI is InChI=1S/C16H22N6O2/c1-3-4-8-16(21-22-16)9-7-14(23)17-10-12-5-6-13(24-12)15-18-11(2)19-20-15/h1,12-13H,4-10H2,2H3,(H,17,23)(H,18,19,20)/t12-,13+/m1/s1. The first-order valence-electron chi connectivity index (χ1n) is 8.29. The summed E-state index contributed by atoms with van der Waals surface area (Å²) in [6.45, 7) is 2.36. The quantitative estimate of drug-likeness (QED) is 0.709. The number of terminal acetylenes is 1. The molecule has 0 bridgehead atoms. The van der Waals surface area contributed by atoms with Crippen LogP contribution in [-0.4, -0.2) is 39.4 Å². The minimum Gasteiger partial charge on any atom is -0.365 e. The van der Waals surface area contributed by atoms with Crippen molar-refractivity contribution in [1.29, 1.82) is 0 Å². The zero-order valence-electron chi connectivity index (χ0n) is 13.8. The molecule has 0 spiro atoms. The molecule has 0 aromatic carbocycles. The van der Waals surface area contributed by atoms with E-state index in [0.29, 0.717) is 31.6 Å². The Morgan fingerprint density at radius 2 is 2.29 bits per heavy atom. The van der Waals surface area contributed by atoms with Crippen LogP contribution < -0.4 is 5.32 Å². The molecule has 0 radical (unpaired) electrons. The van der Waals surface area contributed by atoms with E-state index < -0.39 is 5.66 Å². The van der Waals surface area contributed by atoms with Crippen LogP contribution in [-0.2, 0) is 9.53 Å². The van der Waals surface area contributed by atoms with E-state index >= 15 is 0 Å². The molecule has 2 N–H and O–H groups in total. The number of amides is 1. The van der Waals surface area contributed by atoms with E-state index in [0.717, 1.165) is 25.1 Å². The molecule has 1 aromatic heterocycles. The van der Waals surface area contributed by atoms with Gasteiger partial charge in [-0.2, -0.15) is 15.3 Å². The van der Waals surface area contributed by atoms with E-state index in [1.54, 1.807) is 0 Å². The number of aryl methyl sites for hydroxylation is 1. The molecule has 1 aromatic rings. The number of ether oxygens (including phenoxy) is 1. The van der Waals surface area contributed by atoms with Gasteiger partial charge in [0, 0.05) is 32.2 Å². The average molecular weight is 330 g/mol. The second-order valence-corrected chi connectivity index (χ2v) is 6.29. The van der Waals surface area contributed by atoms with Gasteiger partial charge in [-0.05, 0) is 19.8 Å². The predicted molar refractivity (Wildman–Crippen MR) is 85.9 cm³/mol. The van der Waals surface area contributed by atoms with Gasteiger partial charge in [0.1, 0.15) is 11.9 Å². The van der Waals surface area contributed by atoms with Gasteiger partial charge in [-0.1, -0.05) is 0 Å². The van der Waals surface area contributed by atoms with Crippen LogP contribution in [0.1, 0.15) is 56.3 Å². The Hall–Kier alpha value is -2.27. The van der Waals surface area contributed by atoms with Gasteiger partial charge in [0.15, 0.2) is 11.5 Å². The molecule has 2 aliphatic heterocycles. The molecule has 8 heteroatoms. The fourth-order valence-corrected chi connectivity index (χ4v) is 2.85. The van der Waals surface area contributed by atoms with Crippen LogP contribution in [0.15, 0.2) is 10.2 Å². The van der Waals surface area contributed by atoms with Crippen molar-refractivity contribution in [1.82, 2.24) is 20.5 Å². The summed E-state index contributed by atoms with van der Waals surface area (Å²) < 4.78 is 5.90. The normalized spacial score (nSPS) is 23.8. The molecular formula is C16H22N6O2. The highest BCUT2D eigenvalue weighted by Crippen LogP contribution is 2.37. The summed E-state index contributed by atoms with van der Waals surface area (Å²) in [6.07, 6.45) is 9.28. The molecule has 1 saturated heterocycles. The molecule has 2 aliphatic rings. The number of carbonyl (C=O) groups excluding carboxylic acids is 1. The summed E-state index contributed by atoms with van der Waals surface area (Å²) in [5.74, 6) is 4.04. The van der Waals surface area contributed by atoms with E-state index in [9.17, 15) is 4.79 Å². The molecule has 3 rings (SSSR count). The van der Waals surface area contributed by atoms with Crippen LogP contribution in [0, 0.1) is 19.3 Å². The van der Waals surface area contributed by atoms with Crippen molar-refractivity contribution >= 4 is 5.91 Å². The molecule has 3 heterocycles. The third-order valence-corrected chi connectivity index (χ3v) is 4.34. The molecule has 1 fully saturated rings. The van der Waals surface area contributed by atoms with Crippen LogP contribution in [0.2, 0.25) is 0 Å². The highest BCUT2D eigenvalue weighted by molar-refractivity contribution is 5.76. The largest absolute Gasteiger partial charge is 0.365 e. The van der Waals surface area contributed by atoms with Crippen LogP contribution in [0.25, 0.3) is 0 Å². The second kappa shape index (κ2) is 7.09. The Morgan fingerprint density at radius 3 is 2.96 bits per heavy atom. The van der Waals surface area contributed by atoms with E-state index in [1.165, 1.54) is 0 Å². The number of H-pyrrole nitrogens is 1. The van der Waals surface area contributed by atoms with E-state index in [2.05, 4.69) is 36.6 Å². The van der Waals surface area contributed by atoms with Gasteiger partial charge < -0.3 is 10.1 Å². The van der Waals surface area contributed by atoms with Crippen LogP contribution in [0.5, 0.6) is 0 Å². The zero-order valence-corrected chi connectivity index (χ0v) is 13.8. The van der Waals surface area contributed by atoms with Crippen molar-refractivity contribution in [3.05, 3.63) is 11.6 Å².